The molecule has 0 aliphatic carbocycles. The molecular formula is C13H6F3IO. The summed E-state index contributed by atoms with van der Waals surface area (Å²) in [5.74, 6) is -4.30. The van der Waals surface area contributed by atoms with Crippen LogP contribution in [0.4, 0.5) is 13.2 Å². The highest BCUT2D eigenvalue weighted by molar-refractivity contribution is 14.1. The van der Waals surface area contributed by atoms with Gasteiger partial charge < -0.3 is 0 Å². The molecule has 0 bridgehead atoms. The van der Waals surface area contributed by atoms with Gasteiger partial charge in [-0.25, -0.2) is 13.2 Å². The summed E-state index contributed by atoms with van der Waals surface area (Å²) in [6.45, 7) is 0. The minimum absolute atomic E-state index is 0.253. The van der Waals surface area contributed by atoms with Crippen molar-refractivity contribution in [2.24, 2.45) is 0 Å². The van der Waals surface area contributed by atoms with Gasteiger partial charge in [0.15, 0.2) is 17.4 Å². The van der Waals surface area contributed by atoms with E-state index in [1.54, 1.807) is 18.2 Å². The third-order valence-corrected chi connectivity index (χ3v) is 3.31. The van der Waals surface area contributed by atoms with Crippen molar-refractivity contribution in [2.75, 3.05) is 0 Å². The number of benzene rings is 2. The van der Waals surface area contributed by atoms with Crippen molar-refractivity contribution < 1.29 is 18.0 Å². The number of rotatable bonds is 2. The molecule has 0 heterocycles. The molecule has 0 spiro atoms. The molecule has 18 heavy (non-hydrogen) atoms. The van der Waals surface area contributed by atoms with E-state index < -0.39 is 28.8 Å². The minimum Gasteiger partial charge on any atom is -0.288 e. The highest BCUT2D eigenvalue weighted by atomic mass is 127. The van der Waals surface area contributed by atoms with Crippen molar-refractivity contribution in [1.82, 2.24) is 0 Å². The van der Waals surface area contributed by atoms with E-state index in [9.17, 15) is 18.0 Å². The van der Waals surface area contributed by atoms with Crippen molar-refractivity contribution >= 4 is 28.4 Å². The second kappa shape index (κ2) is 5.09. The Kier molecular flexibility index (Phi) is 3.70. The summed E-state index contributed by atoms with van der Waals surface area (Å²) in [6, 6.07) is 7.47. The smallest absolute Gasteiger partial charge is 0.197 e. The van der Waals surface area contributed by atoms with Crippen LogP contribution in [0.2, 0.25) is 0 Å². The summed E-state index contributed by atoms with van der Waals surface area (Å²) in [5, 5.41) is 0. The van der Waals surface area contributed by atoms with Gasteiger partial charge in [0, 0.05) is 15.2 Å². The van der Waals surface area contributed by atoms with Gasteiger partial charge in [-0.15, -0.1) is 0 Å². The van der Waals surface area contributed by atoms with Gasteiger partial charge in [0.2, 0.25) is 0 Å². The zero-order valence-corrected chi connectivity index (χ0v) is 11.0. The molecule has 0 saturated carbocycles. The maximum absolute atomic E-state index is 13.5. The zero-order chi connectivity index (χ0) is 13.3. The van der Waals surface area contributed by atoms with Crippen molar-refractivity contribution in [2.45, 2.75) is 0 Å². The molecular weight excluding hydrogens is 356 g/mol. The molecule has 0 fully saturated rings. The Morgan fingerprint density at radius 2 is 1.50 bits per heavy atom. The number of ketones is 1. The van der Waals surface area contributed by atoms with E-state index in [1.807, 2.05) is 22.6 Å². The van der Waals surface area contributed by atoms with Crippen LogP contribution < -0.4 is 0 Å². The molecule has 0 saturated heterocycles. The van der Waals surface area contributed by atoms with Crippen molar-refractivity contribution in [3.8, 4) is 0 Å². The molecule has 0 amide bonds. The van der Waals surface area contributed by atoms with Gasteiger partial charge >= 0.3 is 0 Å². The Bertz CT molecular complexity index is 626. The number of halogens is 4. The number of hydrogen-bond donors (Lipinski definition) is 0. The molecule has 92 valence electrons. The quantitative estimate of drug-likeness (QED) is 0.450. The summed E-state index contributed by atoms with van der Waals surface area (Å²) < 4.78 is 39.9. The molecule has 1 nitrogen and oxygen atoms in total. The first-order valence-corrected chi connectivity index (χ1v) is 6.02. The van der Waals surface area contributed by atoms with E-state index in [2.05, 4.69) is 0 Å². The first-order valence-electron chi connectivity index (χ1n) is 4.94. The van der Waals surface area contributed by atoms with Gasteiger partial charge in [-0.3, -0.25) is 4.79 Å². The van der Waals surface area contributed by atoms with Crippen molar-refractivity contribution in [1.29, 1.82) is 0 Å². The van der Waals surface area contributed by atoms with Crippen molar-refractivity contribution in [3.05, 3.63) is 68.5 Å². The predicted molar refractivity (Wildman–Crippen MR) is 68.9 cm³/mol. The van der Waals surface area contributed by atoms with Crippen LogP contribution in [0.1, 0.15) is 15.9 Å². The second-order valence-electron chi connectivity index (χ2n) is 3.56. The summed E-state index contributed by atoms with van der Waals surface area (Å²) in [6.07, 6.45) is 0. The maximum Gasteiger partial charge on any atom is 0.197 e. The molecule has 0 aromatic heterocycles. The lowest BCUT2D eigenvalue weighted by molar-refractivity contribution is 0.103. The molecule has 0 N–H and O–H groups in total. The lowest BCUT2D eigenvalue weighted by atomic mass is 10.0. The lowest BCUT2D eigenvalue weighted by Crippen LogP contribution is -2.07. The van der Waals surface area contributed by atoms with Gasteiger partial charge in [0.1, 0.15) is 5.82 Å². The highest BCUT2D eigenvalue weighted by Crippen LogP contribution is 2.20. The van der Waals surface area contributed by atoms with Crippen LogP contribution in [0.25, 0.3) is 0 Å². The first kappa shape index (κ1) is 13.1. The van der Waals surface area contributed by atoms with Crippen molar-refractivity contribution in [3.63, 3.8) is 0 Å². The molecule has 2 aromatic rings. The van der Waals surface area contributed by atoms with Crippen LogP contribution in [-0.4, -0.2) is 5.78 Å². The standard InChI is InChI=1S/C13H6F3IO/c14-9-6-11(16)10(15)5-8(9)13(18)7-3-1-2-4-12(7)17/h1-6H. The third-order valence-electron chi connectivity index (χ3n) is 2.37. The van der Waals surface area contributed by atoms with Gasteiger partial charge in [-0.2, -0.15) is 0 Å². The summed E-state index contributed by atoms with van der Waals surface area (Å²) >= 11 is 1.92. The first-order chi connectivity index (χ1) is 8.50. The van der Waals surface area contributed by atoms with Crippen LogP contribution in [-0.2, 0) is 0 Å². The average molecular weight is 362 g/mol. The lowest BCUT2D eigenvalue weighted by Gasteiger charge is -2.05. The molecule has 0 atom stereocenters. The van der Waals surface area contributed by atoms with Crippen LogP contribution in [0.3, 0.4) is 0 Å². The van der Waals surface area contributed by atoms with E-state index in [0.29, 0.717) is 15.7 Å². The van der Waals surface area contributed by atoms with Gasteiger partial charge in [0.25, 0.3) is 0 Å². The topological polar surface area (TPSA) is 17.1 Å². The molecule has 0 aliphatic heterocycles. The van der Waals surface area contributed by atoms with Crippen LogP contribution in [0, 0.1) is 21.0 Å². The average Bonchev–Trinajstić information content (AvgIpc) is 2.33. The molecule has 0 unspecified atom stereocenters. The largest absolute Gasteiger partial charge is 0.288 e. The zero-order valence-electron chi connectivity index (χ0n) is 8.88. The van der Waals surface area contributed by atoms with Crippen LogP contribution in [0.5, 0.6) is 0 Å². The maximum atomic E-state index is 13.5. The Morgan fingerprint density at radius 3 is 2.17 bits per heavy atom. The van der Waals surface area contributed by atoms with E-state index in [0.717, 1.165) is 0 Å². The summed E-state index contributed by atoms with van der Waals surface area (Å²) in [5.41, 5.74) is -0.221. The SMILES string of the molecule is O=C(c1cc(F)c(F)cc1F)c1ccccc1I. The monoisotopic (exact) mass is 362 g/mol. The van der Waals surface area contributed by atoms with Gasteiger partial charge in [-0.1, -0.05) is 12.1 Å². The Morgan fingerprint density at radius 1 is 0.889 bits per heavy atom. The number of carbonyl (C=O) groups is 1. The fraction of sp³-hybridized carbons (Fsp3) is 0. The van der Waals surface area contributed by atoms with Crippen LogP contribution in [0.15, 0.2) is 36.4 Å². The fourth-order valence-electron chi connectivity index (χ4n) is 1.49. The molecule has 0 aliphatic rings. The van der Waals surface area contributed by atoms with Gasteiger partial charge in [-0.05, 0) is 40.8 Å². The van der Waals surface area contributed by atoms with E-state index in [-0.39, 0.29) is 5.56 Å². The number of hydrogen-bond acceptors (Lipinski definition) is 1. The van der Waals surface area contributed by atoms with Crippen LogP contribution >= 0.6 is 22.6 Å². The third kappa shape index (κ3) is 2.40. The van der Waals surface area contributed by atoms with Gasteiger partial charge in [0.05, 0.1) is 5.56 Å². The fourth-order valence-corrected chi connectivity index (χ4v) is 2.12. The Labute approximate surface area is 115 Å². The Hall–Kier alpha value is -1.37. The molecule has 2 rings (SSSR count). The van der Waals surface area contributed by atoms with E-state index in [4.69, 9.17) is 0 Å². The normalized spacial score (nSPS) is 10.4. The molecule has 5 heteroatoms. The minimum atomic E-state index is -1.31. The van der Waals surface area contributed by atoms with E-state index >= 15 is 0 Å². The molecule has 2 aromatic carbocycles. The predicted octanol–water partition coefficient (Wildman–Crippen LogP) is 3.94. The Balaban J connectivity index is 2.53. The van der Waals surface area contributed by atoms with E-state index in [1.165, 1.54) is 6.07 Å². The number of carbonyl (C=O) groups excluding carboxylic acids is 1. The summed E-state index contributed by atoms with van der Waals surface area (Å²) in [4.78, 5) is 12.0. The molecule has 0 radical (unpaired) electrons. The highest BCUT2D eigenvalue weighted by Gasteiger charge is 2.19. The second-order valence-corrected chi connectivity index (χ2v) is 4.72. The summed E-state index contributed by atoms with van der Waals surface area (Å²) in [7, 11) is 0.